The molecule has 0 spiro atoms. The smallest absolute Gasteiger partial charge is 0.283 e. The Hall–Kier alpha value is -2.61. The Morgan fingerprint density at radius 3 is 2.56 bits per heavy atom. The number of hydrogen-bond acceptors (Lipinski definition) is 6. The molecule has 7 nitrogen and oxygen atoms in total. The van der Waals surface area contributed by atoms with Gasteiger partial charge >= 0.3 is 0 Å². The molecule has 0 radical (unpaired) electrons. The van der Waals surface area contributed by atoms with Gasteiger partial charge in [0.25, 0.3) is 11.6 Å². The number of rotatable bonds is 4. The maximum atomic E-state index is 12.7. The number of nitro groups is 1. The summed E-state index contributed by atoms with van der Waals surface area (Å²) in [5.74, 6) is 0.728. The second-order valence-electron chi connectivity index (χ2n) is 5.61. The molecule has 2 aromatic rings. The van der Waals surface area contributed by atoms with Gasteiger partial charge in [-0.05, 0) is 30.5 Å². The van der Waals surface area contributed by atoms with Crippen LogP contribution in [0.4, 0.5) is 11.5 Å². The Kier molecular flexibility index (Phi) is 5.18. The Morgan fingerprint density at radius 2 is 1.96 bits per heavy atom. The van der Waals surface area contributed by atoms with Crippen molar-refractivity contribution in [3.63, 3.8) is 0 Å². The Bertz CT molecular complexity index is 777. The van der Waals surface area contributed by atoms with Crippen molar-refractivity contribution in [2.45, 2.75) is 4.90 Å². The molecule has 1 aromatic carbocycles. The minimum absolute atomic E-state index is 0.0227. The minimum Gasteiger partial charge on any atom is -0.353 e. The van der Waals surface area contributed by atoms with Gasteiger partial charge in [0.15, 0.2) is 0 Å². The molecule has 2 heterocycles. The van der Waals surface area contributed by atoms with E-state index < -0.39 is 4.92 Å². The molecule has 0 bridgehead atoms. The number of nitro benzene ring substituents is 1. The van der Waals surface area contributed by atoms with Crippen LogP contribution in [0.25, 0.3) is 0 Å². The molecule has 1 amide bonds. The van der Waals surface area contributed by atoms with Gasteiger partial charge in [-0.3, -0.25) is 14.9 Å². The van der Waals surface area contributed by atoms with Gasteiger partial charge in [0.2, 0.25) is 0 Å². The summed E-state index contributed by atoms with van der Waals surface area (Å²) in [7, 11) is 0. The number of anilines is 1. The van der Waals surface area contributed by atoms with E-state index in [0.717, 1.165) is 5.82 Å². The van der Waals surface area contributed by atoms with Crippen LogP contribution >= 0.6 is 11.8 Å². The molecule has 1 aromatic heterocycles. The summed E-state index contributed by atoms with van der Waals surface area (Å²) >= 11 is 1.30. The standard InChI is InChI=1S/C17H18N4O3S/c1-25-15-6-5-13(12-14(15)21(23)24)17(22)20-10-8-19(9-11-20)16-4-2-3-7-18-16/h2-7,12H,8-11H2,1H3. The van der Waals surface area contributed by atoms with Crippen LogP contribution in [0.2, 0.25) is 0 Å². The first-order valence-corrected chi connectivity index (χ1v) is 9.10. The summed E-state index contributed by atoms with van der Waals surface area (Å²) in [5.41, 5.74) is 0.334. The molecule has 25 heavy (non-hydrogen) atoms. The molecule has 0 N–H and O–H groups in total. The van der Waals surface area contributed by atoms with Crippen molar-refractivity contribution < 1.29 is 9.72 Å². The van der Waals surface area contributed by atoms with Crippen molar-refractivity contribution in [1.82, 2.24) is 9.88 Å². The lowest BCUT2D eigenvalue weighted by atomic mass is 10.1. The summed E-state index contributed by atoms with van der Waals surface area (Å²) in [6, 6.07) is 10.4. The number of carbonyl (C=O) groups is 1. The topological polar surface area (TPSA) is 79.6 Å². The SMILES string of the molecule is CSc1ccc(C(=O)N2CCN(c3ccccn3)CC2)cc1[N+](=O)[O-]. The molecule has 1 fully saturated rings. The lowest BCUT2D eigenvalue weighted by molar-refractivity contribution is -0.387. The van der Waals surface area contributed by atoms with Crippen molar-refractivity contribution in [2.75, 3.05) is 37.3 Å². The van der Waals surface area contributed by atoms with Gasteiger partial charge in [0.05, 0.1) is 9.82 Å². The van der Waals surface area contributed by atoms with E-state index in [-0.39, 0.29) is 11.6 Å². The first-order chi connectivity index (χ1) is 12.1. The molecule has 130 valence electrons. The fourth-order valence-electron chi connectivity index (χ4n) is 2.83. The van der Waals surface area contributed by atoms with Gasteiger partial charge in [0.1, 0.15) is 5.82 Å². The Balaban J connectivity index is 1.70. The van der Waals surface area contributed by atoms with Crippen molar-refractivity contribution in [3.05, 3.63) is 58.3 Å². The molecule has 3 rings (SSSR count). The fraction of sp³-hybridized carbons (Fsp3) is 0.294. The van der Waals surface area contributed by atoms with E-state index in [4.69, 9.17) is 0 Å². The first kappa shape index (κ1) is 17.2. The van der Waals surface area contributed by atoms with E-state index >= 15 is 0 Å². The number of hydrogen-bond donors (Lipinski definition) is 0. The Morgan fingerprint density at radius 1 is 1.20 bits per heavy atom. The molecule has 1 aliphatic rings. The first-order valence-electron chi connectivity index (χ1n) is 7.88. The largest absolute Gasteiger partial charge is 0.353 e. The quantitative estimate of drug-likeness (QED) is 0.475. The van der Waals surface area contributed by atoms with E-state index in [0.29, 0.717) is 36.6 Å². The number of amides is 1. The lowest BCUT2D eigenvalue weighted by Crippen LogP contribution is -2.49. The molecule has 8 heteroatoms. The number of thioether (sulfide) groups is 1. The third-order valence-corrected chi connectivity index (χ3v) is 4.95. The zero-order valence-corrected chi connectivity index (χ0v) is 14.6. The highest BCUT2D eigenvalue weighted by Crippen LogP contribution is 2.29. The average Bonchev–Trinajstić information content (AvgIpc) is 2.67. The molecule has 0 aliphatic carbocycles. The van der Waals surface area contributed by atoms with E-state index in [1.54, 1.807) is 29.5 Å². The van der Waals surface area contributed by atoms with Gasteiger partial charge in [-0.15, -0.1) is 11.8 Å². The van der Waals surface area contributed by atoms with Gasteiger partial charge in [-0.25, -0.2) is 4.98 Å². The summed E-state index contributed by atoms with van der Waals surface area (Å²) < 4.78 is 0. The number of pyridine rings is 1. The molecule has 1 saturated heterocycles. The highest BCUT2D eigenvalue weighted by atomic mass is 32.2. The molecular weight excluding hydrogens is 340 g/mol. The Labute approximate surface area is 149 Å². The normalized spacial score (nSPS) is 14.4. The maximum Gasteiger partial charge on any atom is 0.283 e. The fourth-order valence-corrected chi connectivity index (χ4v) is 3.37. The van der Waals surface area contributed by atoms with Gasteiger partial charge in [-0.2, -0.15) is 0 Å². The predicted molar refractivity (Wildman–Crippen MR) is 97.2 cm³/mol. The lowest BCUT2D eigenvalue weighted by Gasteiger charge is -2.35. The van der Waals surface area contributed by atoms with Gasteiger partial charge < -0.3 is 9.80 Å². The van der Waals surface area contributed by atoms with Crippen LogP contribution in [0, 0.1) is 10.1 Å². The van der Waals surface area contributed by atoms with Crippen molar-refractivity contribution in [3.8, 4) is 0 Å². The van der Waals surface area contributed by atoms with Crippen LogP contribution in [-0.4, -0.2) is 53.1 Å². The van der Waals surface area contributed by atoms with Crippen LogP contribution in [0.15, 0.2) is 47.5 Å². The highest BCUT2D eigenvalue weighted by molar-refractivity contribution is 7.98. The van der Waals surface area contributed by atoms with E-state index in [1.165, 1.54) is 17.8 Å². The number of benzene rings is 1. The molecular formula is C17H18N4O3S. The zero-order chi connectivity index (χ0) is 17.8. The summed E-state index contributed by atoms with van der Waals surface area (Å²) in [5, 5.41) is 11.2. The monoisotopic (exact) mass is 358 g/mol. The predicted octanol–water partition coefficient (Wildman–Crippen LogP) is 2.67. The van der Waals surface area contributed by atoms with E-state index in [1.807, 2.05) is 18.2 Å². The second-order valence-corrected chi connectivity index (χ2v) is 6.46. The van der Waals surface area contributed by atoms with Crippen LogP contribution in [0.1, 0.15) is 10.4 Å². The minimum atomic E-state index is -0.443. The van der Waals surface area contributed by atoms with Crippen LogP contribution in [0.5, 0.6) is 0 Å². The zero-order valence-electron chi connectivity index (χ0n) is 13.8. The van der Waals surface area contributed by atoms with E-state index in [9.17, 15) is 14.9 Å². The summed E-state index contributed by atoms with van der Waals surface area (Å²) in [6.45, 7) is 2.50. The van der Waals surface area contributed by atoms with Crippen molar-refractivity contribution in [1.29, 1.82) is 0 Å². The number of nitrogens with zero attached hydrogens (tertiary/aromatic N) is 4. The highest BCUT2D eigenvalue weighted by Gasteiger charge is 2.24. The molecule has 0 saturated carbocycles. The summed E-state index contributed by atoms with van der Waals surface area (Å²) in [6.07, 6.45) is 3.53. The van der Waals surface area contributed by atoms with Crippen molar-refractivity contribution >= 4 is 29.2 Å². The number of carbonyl (C=O) groups excluding carboxylic acids is 1. The van der Waals surface area contributed by atoms with Crippen LogP contribution < -0.4 is 4.90 Å². The summed E-state index contributed by atoms with van der Waals surface area (Å²) in [4.78, 5) is 32.2. The molecule has 0 unspecified atom stereocenters. The van der Waals surface area contributed by atoms with Gasteiger partial charge in [0, 0.05) is 44.0 Å². The van der Waals surface area contributed by atoms with Crippen LogP contribution in [0.3, 0.4) is 0 Å². The second kappa shape index (κ2) is 7.52. The van der Waals surface area contributed by atoms with Crippen LogP contribution in [-0.2, 0) is 0 Å². The van der Waals surface area contributed by atoms with Gasteiger partial charge in [-0.1, -0.05) is 6.07 Å². The molecule has 1 aliphatic heterocycles. The number of piperazine rings is 1. The number of aromatic nitrogens is 1. The van der Waals surface area contributed by atoms with E-state index in [2.05, 4.69) is 9.88 Å². The van der Waals surface area contributed by atoms with Crippen molar-refractivity contribution in [2.24, 2.45) is 0 Å². The molecule has 0 atom stereocenters. The maximum absolute atomic E-state index is 12.7. The average molecular weight is 358 g/mol. The third kappa shape index (κ3) is 3.74. The third-order valence-electron chi connectivity index (χ3n) is 4.16.